The average Bonchev–Trinajstić information content (AvgIpc) is 2.79. The van der Waals surface area contributed by atoms with E-state index in [1.807, 2.05) is 0 Å². The van der Waals surface area contributed by atoms with Crippen molar-refractivity contribution >= 4 is 23.7 Å². The Balaban J connectivity index is 1.62. The van der Waals surface area contributed by atoms with E-state index in [1.165, 1.54) is 24.3 Å². The van der Waals surface area contributed by atoms with Gasteiger partial charge in [-0.05, 0) is 81.4 Å². The van der Waals surface area contributed by atoms with Gasteiger partial charge in [0.25, 0.3) is 0 Å². The van der Waals surface area contributed by atoms with Gasteiger partial charge >= 0.3 is 6.09 Å². The number of pyridine rings is 1. The Bertz CT molecular complexity index is 1220. The van der Waals surface area contributed by atoms with Gasteiger partial charge in [0.1, 0.15) is 34.8 Å². The SMILES string of the molecule is CC(C)(C)OC(=O)NC(CC(=O)Nc1cccc(-c2ccc(Oc3ccc(F)cc3)cc2)n1)C(N)=O. The minimum absolute atomic E-state index is 0.254. The second-order valence-corrected chi connectivity index (χ2v) is 8.84. The van der Waals surface area contributed by atoms with Crippen LogP contribution < -0.4 is 21.1 Å². The molecule has 3 rings (SSSR count). The van der Waals surface area contributed by atoms with E-state index >= 15 is 0 Å². The maximum atomic E-state index is 13.0. The Morgan fingerprint density at radius 3 is 2.17 bits per heavy atom. The molecule has 1 aromatic heterocycles. The Hall–Kier alpha value is -4.47. The number of halogens is 1. The van der Waals surface area contributed by atoms with Crippen LogP contribution >= 0.6 is 0 Å². The van der Waals surface area contributed by atoms with E-state index in [1.54, 1.807) is 63.2 Å². The zero-order chi connectivity index (χ0) is 26.3. The molecule has 0 aliphatic rings. The molecule has 0 saturated carbocycles. The van der Waals surface area contributed by atoms with Crippen LogP contribution in [0.4, 0.5) is 15.0 Å². The molecule has 2 aromatic carbocycles. The molecule has 0 fully saturated rings. The molecule has 3 amide bonds. The number of primary amides is 1. The van der Waals surface area contributed by atoms with Crippen molar-refractivity contribution in [2.75, 3.05) is 5.32 Å². The summed E-state index contributed by atoms with van der Waals surface area (Å²) >= 11 is 0. The van der Waals surface area contributed by atoms with E-state index in [0.717, 1.165) is 5.56 Å². The van der Waals surface area contributed by atoms with Crippen LogP contribution in [0, 0.1) is 5.82 Å². The maximum Gasteiger partial charge on any atom is 0.408 e. The first kappa shape index (κ1) is 26.1. The second kappa shape index (κ2) is 11.3. The fraction of sp³-hybridized carbons (Fsp3) is 0.231. The van der Waals surface area contributed by atoms with Gasteiger partial charge in [0.2, 0.25) is 11.8 Å². The number of nitrogens with one attached hydrogen (secondary N) is 2. The number of alkyl carbamates (subject to hydrolysis) is 1. The Morgan fingerprint density at radius 2 is 1.58 bits per heavy atom. The third-order valence-electron chi connectivity index (χ3n) is 4.64. The van der Waals surface area contributed by atoms with Crippen molar-refractivity contribution in [3.05, 3.63) is 72.5 Å². The molecule has 1 heterocycles. The molecule has 4 N–H and O–H groups in total. The van der Waals surface area contributed by atoms with E-state index in [0.29, 0.717) is 17.2 Å². The number of aromatic nitrogens is 1. The molecule has 1 unspecified atom stereocenters. The molecule has 1 atom stereocenters. The van der Waals surface area contributed by atoms with Crippen molar-refractivity contribution in [1.82, 2.24) is 10.3 Å². The summed E-state index contributed by atoms with van der Waals surface area (Å²) in [6.07, 6.45) is -1.25. The Morgan fingerprint density at radius 1 is 0.972 bits per heavy atom. The lowest BCUT2D eigenvalue weighted by molar-refractivity contribution is -0.124. The topological polar surface area (TPSA) is 133 Å². The van der Waals surface area contributed by atoms with E-state index in [-0.39, 0.29) is 11.6 Å². The van der Waals surface area contributed by atoms with Crippen molar-refractivity contribution in [2.24, 2.45) is 5.73 Å². The number of carbonyl (C=O) groups is 3. The largest absolute Gasteiger partial charge is 0.457 e. The van der Waals surface area contributed by atoms with Crippen LogP contribution in [0.1, 0.15) is 27.2 Å². The first-order chi connectivity index (χ1) is 17.0. The van der Waals surface area contributed by atoms with Gasteiger partial charge in [0.15, 0.2) is 0 Å². The summed E-state index contributed by atoms with van der Waals surface area (Å²) in [4.78, 5) is 40.6. The summed E-state index contributed by atoms with van der Waals surface area (Å²) in [5, 5.41) is 4.91. The molecule has 0 radical (unpaired) electrons. The summed E-state index contributed by atoms with van der Waals surface area (Å²) < 4.78 is 23.8. The fourth-order valence-corrected chi connectivity index (χ4v) is 3.05. The Labute approximate surface area is 207 Å². The third-order valence-corrected chi connectivity index (χ3v) is 4.64. The lowest BCUT2D eigenvalue weighted by atomic mass is 10.1. The number of ether oxygens (including phenoxy) is 2. The van der Waals surface area contributed by atoms with E-state index in [9.17, 15) is 18.8 Å². The first-order valence-corrected chi connectivity index (χ1v) is 11.1. The molecule has 36 heavy (non-hydrogen) atoms. The van der Waals surface area contributed by atoms with Gasteiger partial charge in [-0.15, -0.1) is 0 Å². The monoisotopic (exact) mass is 494 g/mol. The fourth-order valence-electron chi connectivity index (χ4n) is 3.05. The van der Waals surface area contributed by atoms with Crippen LogP contribution in [0.25, 0.3) is 11.3 Å². The van der Waals surface area contributed by atoms with Gasteiger partial charge in [0.05, 0.1) is 12.1 Å². The molecule has 3 aromatic rings. The number of hydrogen-bond acceptors (Lipinski definition) is 6. The number of nitrogens with zero attached hydrogens (tertiary/aromatic N) is 1. The molecular weight excluding hydrogens is 467 g/mol. The third kappa shape index (κ3) is 8.08. The predicted octanol–water partition coefficient (Wildman–Crippen LogP) is 4.39. The number of benzene rings is 2. The van der Waals surface area contributed by atoms with Crippen LogP contribution in [0.15, 0.2) is 66.7 Å². The first-order valence-electron chi connectivity index (χ1n) is 11.1. The molecule has 0 aliphatic carbocycles. The van der Waals surface area contributed by atoms with Crippen LogP contribution in [0.2, 0.25) is 0 Å². The predicted molar refractivity (Wildman–Crippen MR) is 132 cm³/mol. The highest BCUT2D eigenvalue weighted by atomic mass is 19.1. The molecule has 188 valence electrons. The van der Waals surface area contributed by atoms with Crippen molar-refractivity contribution in [1.29, 1.82) is 0 Å². The van der Waals surface area contributed by atoms with Crippen molar-refractivity contribution < 1.29 is 28.2 Å². The van der Waals surface area contributed by atoms with Gasteiger partial charge in [-0.1, -0.05) is 6.07 Å². The van der Waals surface area contributed by atoms with Gasteiger partial charge in [-0.2, -0.15) is 0 Å². The van der Waals surface area contributed by atoms with Gasteiger partial charge in [-0.25, -0.2) is 14.2 Å². The highest BCUT2D eigenvalue weighted by Gasteiger charge is 2.25. The zero-order valence-corrected chi connectivity index (χ0v) is 20.1. The quantitative estimate of drug-likeness (QED) is 0.426. The van der Waals surface area contributed by atoms with Crippen LogP contribution in [-0.4, -0.2) is 34.5 Å². The van der Waals surface area contributed by atoms with Crippen LogP contribution in [0.3, 0.4) is 0 Å². The lowest BCUT2D eigenvalue weighted by Gasteiger charge is -2.22. The molecule has 9 nitrogen and oxygen atoms in total. The summed E-state index contributed by atoms with van der Waals surface area (Å²) in [6, 6.07) is 16.6. The number of hydrogen-bond donors (Lipinski definition) is 3. The maximum absolute atomic E-state index is 13.0. The normalized spacial score (nSPS) is 11.8. The minimum atomic E-state index is -1.25. The zero-order valence-electron chi connectivity index (χ0n) is 20.1. The van der Waals surface area contributed by atoms with Crippen molar-refractivity contribution in [3.8, 4) is 22.8 Å². The highest BCUT2D eigenvalue weighted by molar-refractivity contribution is 5.95. The number of rotatable bonds is 8. The molecule has 0 spiro atoms. The number of carbonyl (C=O) groups excluding carboxylic acids is 3. The molecule has 0 saturated heterocycles. The molecular formula is C26H27FN4O5. The van der Waals surface area contributed by atoms with Crippen molar-refractivity contribution in [3.63, 3.8) is 0 Å². The smallest absolute Gasteiger partial charge is 0.408 e. The molecule has 0 aliphatic heterocycles. The summed E-state index contributed by atoms with van der Waals surface area (Å²) in [5.74, 6) is -0.472. The summed E-state index contributed by atoms with van der Waals surface area (Å²) in [5.41, 5.74) is 5.90. The number of amides is 3. The second-order valence-electron chi connectivity index (χ2n) is 8.84. The van der Waals surface area contributed by atoms with E-state index in [4.69, 9.17) is 15.2 Å². The van der Waals surface area contributed by atoms with Crippen LogP contribution in [0.5, 0.6) is 11.5 Å². The van der Waals surface area contributed by atoms with Gasteiger partial charge < -0.3 is 25.8 Å². The summed E-state index contributed by atoms with van der Waals surface area (Å²) in [6.45, 7) is 5.01. The molecule has 0 bridgehead atoms. The lowest BCUT2D eigenvalue weighted by Crippen LogP contribution is -2.48. The summed E-state index contributed by atoms with van der Waals surface area (Å²) in [7, 11) is 0. The molecule has 10 heteroatoms. The minimum Gasteiger partial charge on any atom is -0.457 e. The van der Waals surface area contributed by atoms with E-state index < -0.39 is 36.0 Å². The standard InChI is InChI=1S/C26H27FN4O5/c1-26(2,3)36-25(34)30-21(24(28)33)15-23(32)31-22-6-4-5-20(29-22)16-7-11-18(12-8-16)35-19-13-9-17(27)10-14-19/h4-14,21H,15H2,1-3H3,(H2,28,33)(H,30,34)(H,29,31,32). The van der Waals surface area contributed by atoms with Gasteiger partial charge in [-0.3, -0.25) is 9.59 Å². The van der Waals surface area contributed by atoms with Gasteiger partial charge in [0, 0.05) is 5.56 Å². The highest BCUT2D eigenvalue weighted by Crippen LogP contribution is 2.26. The van der Waals surface area contributed by atoms with Crippen molar-refractivity contribution in [2.45, 2.75) is 38.8 Å². The van der Waals surface area contributed by atoms with Crippen LogP contribution in [-0.2, 0) is 14.3 Å². The number of anilines is 1. The van der Waals surface area contributed by atoms with E-state index in [2.05, 4.69) is 15.6 Å². The average molecular weight is 495 g/mol. The number of nitrogens with two attached hydrogens (primary N) is 1. The Kier molecular flexibility index (Phi) is 8.21.